The van der Waals surface area contributed by atoms with Crippen LogP contribution in [0.4, 0.5) is 0 Å². The third kappa shape index (κ3) is 2.26. The number of methoxy groups -OCH3 is 1. The second-order valence-electron chi connectivity index (χ2n) is 3.76. The molecule has 1 aliphatic rings. The second kappa shape index (κ2) is 5.01. The molecule has 2 heteroatoms. The highest BCUT2D eigenvalue weighted by Gasteiger charge is 2.16. The molecule has 0 heterocycles. The fourth-order valence-electron chi connectivity index (χ4n) is 2.15. The van der Waals surface area contributed by atoms with Gasteiger partial charge in [-0.1, -0.05) is 25.0 Å². The summed E-state index contributed by atoms with van der Waals surface area (Å²) in [5.41, 5.74) is 1.46. The monoisotopic (exact) mass is 193 g/mol. The van der Waals surface area contributed by atoms with Crippen LogP contribution in [-0.2, 0) is 0 Å². The van der Waals surface area contributed by atoms with Gasteiger partial charge in [-0.05, 0) is 36.5 Å². The van der Waals surface area contributed by atoms with E-state index in [1.807, 2.05) is 6.07 Å². The van der Waals surface area contributed by atoms with E-state index in [0.29, 0.717) is 0 Å². The van der Waals surface area contributed by atoms with E-state index in [0.717, 1.165) is 11.7 Å². The summed E-state index contributed by atoms with van der Waals surface area (Å²) < 4.78 is 5.21. The summed E-state index contributed by atoms with van der Waals surface area (Å²) in [5, 5.41) is 0. The molecule has 0 unspecified atom stereocenters. The Balaban J connectivity index is 0.000000980. The van der Waals surface area contributed by atoms with E-state index in [1.165, 1.54) is 31.2 Å². The molecule has 3 N–H and O–H groups in total. The van der Waals surface area contributed by atoms with Crippen molar-refractivity contribution >= 4 is 0 Å². The minimum absolute atomic E-state index is 0. The number of ether oxygens (including phenoxy) is 1. The zero-order valence-electron chi connectivity index (χ0n) is 8.83. The SMILES string of the molecule is COc1cccc(C2CCCC2)c1.N. The molecule has 0 aromatic heterocycles. The quantitative estimate of drug-likeness (QED) is 0.781. The molecule has 2 nitrogen and oxygen atoms in total. The number of benzene rings is 1. The van der Waals surface area contributed by atoms with Crippen LogP contribution in [0.3, 0.4) is 0 Å². The Morgan fingerprint density at radius 1 is 1.21 bits per heavy atom. The molecule has 0 spiro atoms. The van der Waals surface area contributed by atoms with Crippen LogP contribution >= 0.6 is 0 Å². The Morgan fingerprint density at radius 3 is 2.57 bits per heavy atom. The summed E-state index contributed by atoms with van der Waals surface area (Å²) in [4.78, 5) is 0. The van der Waals surface area contributed by atoms with E-state index < -0.39 is 0 Å². The van der Waals surface area contributed by atoms with Gasteiger partial charge in [-0.25, -0.2) is 0 Å². The average molecular weight is 193 g/mol. The van der Waals surface area contributed by atoms with Gasteiger partial charge < -0.3 is 10.9 Å². The molecule has 78 valence electrons. The average Bonchev–Trinajstić information content (AvgIpc) is 2.71. The summed E-state index contributed by atoms with van der Waals surface area (Å²) >= 11 is 0. The van der Waals surface area contributed by atoms with Gasteiger partial charge in [0.25, 0.3) is 0 Å². The lowest BCUT2D eigenvalue weighted by Crippen LogP contribution is -1.92. The lowest BCUT2D eigenvalue weighted by Gasteiger charge is -2.10. The summed E-state index contributed by atoms with van der Waals surface area (Å²) in [6.45, 7) is 0. The Labute approximate surface area is 85.9 Å². The zero-order chi connectivity index (χ0) is 9.10. The first-order chi connectivity index (χ1) is 6.40. The smallest absolute Gasteiger partial charge is 0.119 e. The van der Waals surface area contributed by atoms with Crippen molar-refractivity contribution in [2.45, 2.75) is 31.6 Å². The summed E-state index contributed by atoms with van der Waals surface area (Å²) in [7, 11) is 1.73. The first-order valence-corrected chi connectivity index (χ1v) is 5.04. The van der Waals surface area contributed by atoms with Crippen LogP contribution in [-0.4, -0.2) is 7.11 Å². The molecule has 2 rings (SSSR count). The van der Waals surface area contributed by atoms with Crippen LogP contribution in [0.15, 0.2) is 24.3 Å². The predicted octanol–water partition coefficient (Wildman–Crippen LogP) is 3.51. The lowest BCUT2D eigenvalue weighted by molar-refractivity contribution is 0.414. The van der Waals surface area contributed by atoms with Gasteiger partial charge in [-0.2, -0.15) is 0 Å². The van der Waals surface area contributed by atoms with Crippen molar-refractivity contribution in [2.24, 2.45) is 0 Å². The Morgan fingerprint density at radius 2 is 1.93 bits per heavy atom. The summed E-state index contributed by atoms with van der Waals surface area (Å²) in [6.07, 6.45) is 5.49. The van der Waals surface area contributed by atoms with Gasteiger partial charge in [-0.3, -0.25) is 0 Å². The van der Waals surface area contributed by atoms with Gasteiger partial charge >= 0.3 is 0 Å². The molecule has 1 aromatic rings. The van der Waals surface area contributed by atoms with Crippen LogP contribution < -0.4 is 10.9 Å². The van der Waals surface area contributed by atoms with E-state index >= 15 is 0 Å². The van der Waals surface area contributed by atoms with Gasteiger partial charge in [0.15, 0.2) is 0 Å². The highest BCUT2D eigenvalue weighted by Crippen LogP contribution is 2.35. The maximum absolute atomic E-state index is 5.21. The van der Waals surface area contributed by atoms with Crippen LogP contribution in [0.5, 0.6) is 5.75 Å². The zero-order valence-corrected chi connectivity index (χ0v) is 8.83. The fraction of sp³-hybridized carbons (Fsp3) is 0.500. The van der Waals surface area contributed by atoms with Crippen molar-refractivity contribution in [3.05, 3.63) is 29.8 Å². The highest BCUT2D eigenvalue weighted by molar-refractivity contribution is 5.31. The fourth-order valence-corrected chi connectivity index (χ4v) is 2.15. The number of rotatable bonds is 2. The molecule has 0 aliphatic heterocycles. The lowest BCUT2D eigenvalue weighted by atomic mass is 9.98. The third-order valence-electron chi connectivity index (χ3n) is 2.92. The molecule has 1 fully saturated rings. The molecular formula is C12H19NO. The van der Waals surface area contributed by atoms with Crippen molar-refractivity contribution in [1.82, 2.24) is 6.15 Å². The van der Waals surface area contributed by atoms with Crippen molar-refractivity contribution in [3.8, 4) is 5.75 Å². The van der Waals surface area contributed by atoms with E-state index in [1.54, 1.807) is 7.11 Å². The summed E-state index contributed by atoms with van der Waals surface area (Å²) in [6, 6.07) is 8.50. The maximum atomic E-state index is 5.21. The minimum Gasteiger partial charge on any atom is -0.497 e. The maximum Gasteiger partial charge on any atom is 0.119 e. The van der Waals surface area contributed by atoms with Crippen LogP contribution in [0.2, 0.25) is 0 Å². The van der Waals surface area contributed by atoms with Crippen molar-refractivity contribution in [1.29, 1.82) is 0 Å². The molecule has 0 saturated heterocycles. The van der Waals surface area contributed by atoms with Crippen molar-refractivity contribution in [3.63, 3.8) is 0 Å². The molecule has 1 saturated carbocycles. The molecule has 0 amide bonds. The molecule has 1 aromatic carbocycles. The van der Waals surface area contributed by atoms with E-state index in [4.69, 9.17) is 4.74 Å². The standard InChI is InChI=1S/C12H16O.H3N/c1-13-12-8-4-7-11(9-12)10-5-2-3-6-10;/h4,7-10H,2-3,5-6H2,1H3;1H3. The van der Waals surface area contributed by atoms with E-state index in [-0.39, 0.29) is 6.15 Å². The Bertz CT molecular complexity index is 279. The summed E-state index contributed by atoms with van der Waals surface area (Å²) in [5.74, 6) is 1.78. The largest absolute Gasteiger partial charge is 0.497 e. The third-order valence-corrected chi connectivity index (χ3v) is 2.92. The van der Waals surface area contributed by atoms with Gasteiger partial charge in [0.2, 0.25) is 0 Å². The molecule has 1 aliphatic carbocycles. The molecular weight excluding hydrogens is 174 g/mol. The Hall–Kier alpha value is -1.02. The molecule has 0 radical (unpaired) electrons. The van der Waals surface area contributed by atoms with Crippen molar-refractivity contribution in [2.75, 3.05) is 7.11 Å². The first-order valence-electron chi connectivity index (χ1n) is 5.04. The molecule has 14 heavy (non-hydrogen) atoms. The topological polar surface area (TPSA) is 44.2 Å². The van der Waals surface area contributed by atoms with E-state index in [2.05, 4.69) is 18.2 Å². The number of hydrogen-bond acceptors (Lipinski definition) is 2. The van der Waals surface area contributed by atoms with Crippen LogP contribution in [0, 0.1) is 0 Å². The van der Waals surface area contributed by atoms with E-state index in [9.17, 15) is 0 Å². The van der Waals surface area contributed by atoms with Crippen molar-refractivity contribution < 1.29 is 4.74 Å². The highest BCUT2D eigenvalue weighted by atomic mass is 16.5. The Kier molecular flexibility index (Phi) is 3.96. The predicted molar refractivity (Wildman–Crippen MR) is 59.2 cm³/mol. The molecule has 0 atom stereocenters. The van der Waals surface area contributed by atoms with Gasteiger partial charge in [0.1, 0.15) is 5.75 Å². The van der Waals surface area contributed by atoms with Crippen LogP contribution in [0.1, 0.15) is 37.2 Å². The van der Waals surface area contributed by atoms with Gasteiger partial charge in [0.05, 0.1) is 7.11 Å². The first kappa shape index (κ1) is 11.1. The van der Waals surface area contributed by atoms with Gasteiger partial charge in [0, 0.05) is 0 Å². The minimum atomic E-state index is 0. The molecule has 0 bridgehead atoms. The van der Waals surface area contributed by atoms with Gasteiger partial charge in [-0.15, -0.1) is 0 Å². The second-order valence-corrected chi connectivity index (χ2v) is 3.76. The normalized spacial score (nSPS) is 16.4. The van der Waals surface area contributed by atoms with Crippen LogP contribution in [0.25, 0.3) is 0 Å². The number of hydrogen-bond donors (Lipinski definition) is 1.